The molecule has 0 unspecified atom stereocenters. The van der Waals surface area contributed by atoms with Crippen LogP contribution in [0.3, 0.4) is 0 Å². The molecule has 0 atom stereocenters. The molecule has 3 heterocycles. The Bertz CT molecular complexity index is 1270. The molecule has 3 saturated carbocycles. The smallest absolute Gasteiger partial charge is 0.416 e. The van der Waals surface area contributed by atoms with Crippen molar-refractivity contribution in [3.8, 4) is 5.88 Å². The minimum Gasteiger partial charge on any atom is -0.477 e. The number of ether oxygens (including phenoxy) is 1. The lowest BCUT2D eigenvalue weighted by molar-refractivity contribution is -0.137. The number of H-pyrrole nitrogens is 1. The van der Waals surface area contributed by atoms with Crippen LogP contribution in [0, 0.1) is 5.41 Å². The highest BCUT2D eigenvalue weighted by molar-refractivity contribution is 5.71. The predicted molar refractivity (Wildman–Crippen MR) is 124 cm³/mol. The second kappa shape index (κ2) is 8.64. The normalized spacial score (nSPS) is 24.3. The van der Waals surface area contributed by atoms with E-state index in [4.69, 9.17) is 9.72 Å². The first kappa shape index (κ1) is 23.8. The topological polar surface area (TPSA) is 85.7 Å². The fraction of sp³-hybridized carbons (Fsp3) is 0.600. The molecule has 10 heteroatoms. The van der Waals surface area contributed by atoms with Crippen molar-refractivity contribution in [2.75, 3.05) is 6.61 Å². The average Bonchev–Trinajstić information content (AvgIpc) is 3.23. The first-order valence-corrected chi connectivity index (χ1v) is 12.3. The van der Waals surface area contributed by atoms with Crippen molar-refractivity contribution in [2.24, 2.45) is 5.41 Å². The standard InChI is InChI=1S/C25H30F3N5O2/c1-3-13-33-19-20(30-17(4-2)31-21(19)34)32-22(33)24-9-6-23(7-10-24,8-11-24)15-35-18-14-16(5-12-29-18)25(26,27)28/h5,12,14H,3-4,6-11,13,15H2,1-2H3,(H,30,31,34). The van der Waals surface area contributed by atoms with Crippen LogP contribution in [0.4, 0.5) is 13.2 Å². The second-order valence-electron chi connectivity index (χ2n) is 10.1. The molecule has 0 aliphatic heterocycles. The maximum atomic E-state index is 13.0. The van der Waals surface area contributed by atoms with Crippen LogP contribution in [0.15, 0.2) is 23.1 Å². The van der Waals surface area contributed by atoms with Gasteiger partial charge in [0.2, 0.25) is 5.88 Å². The fourth-order valence-corrected chi connectivity index (χ4v) is 5.81. The summed E-state index contributed by atoms with van der Waals surface area (Å²) in [6, 6.07) is 1.92. The Morgan fingerprint density at radius 2 is 1.83 bits per heavy atom. The number of pyridine rings is 1. The van der Waals surface area contributed by atoms with E-state index in [2.05, 4.69) is 26.4 Å². The fourth-order valence-electron chi connectivity index (χ4n) is 5.81. The summed E-state index contributed by atoms with van der Waals surface area (Å²) in [5, 5.41) is 0. The Kier molecular flexibility index (Phi) is 5.88. The van der Waals surface area contributed by atoms with Crippen molar-refractivity contribution in [2.45, 2.75) is 83.4 Å². The van der Waals surface area contributed by atoms with Crippen molar-refractivity contribution in [3.63, 3.8) is 0 Å². The summed E-state index contributed by atoms with van der Waals surface area (Å²) in [7, 11) is 0. The van der Waals surface area contributed by atoms with Crippen molar-refractivity contribution < 1.29 is 17.9 Å². The van der Waals surface area contributed by atoms with Gasteiger partial charge in [-0.2, -0.15) is 13.2 Å². The van der Waals surface area contributed by atoms with Gasteiger partial charge < -0.3 is 14.3 Å². The minimum atomic E-state index is -4.42. The van der Waals surface area contributed by atoms with Crippen molar-refractivity contribution >= 4 is 11.2 Å². The van der Waals surface area contributed by atoms with Crippen LogP contribution in [0.5, 0.6) is 5.88 Å². The average molecular weight is 490 g/mol. The van der Waals surface area contributed by atoms with E-state index >= 15 is 0 Å². The van der Waals surface area contributed by atoms with Crippen LogP contribution >= 0.6 is 0 Å². The molecular weight excluding hydrogens is 459 g/mol. The van der Waals surface area contributed by atoms with Gasteiger partial charge in [-0.1, -0.05) is 13.8 Å². The number of aryl methyl sites for hydroxylation is 2. The van der Waals surface area contributed by atoms with Gasteiger partial charge in [-0.15, -0.1) is 0 Å². The highest BCUT2D eigenvalue weighted by Gasteiger charge is 2.52. The lowest BCUT2D eigenvalue weighted by Crippen LogP contribution is -2.48. The zero-order valence-corrected chi connectivity index (χ0v) is 20.0. The van der Waals surface area contributed by atoms with Crippen LogP contribution in [-0.2, 0) is 24.6 Å². The molecule has 7 nitrogen and oxygen atoms in total. The van der Waals surface area contributed by atoms with Gasteiger partial charge in [-0.25, -0.2) is 15.0 Å². The Morgan fingerprint density at radius 3 is 2.46 bits per heavy atom. The van der Waals surface area contributed by atoms with Crippen molar-refractivity contribution in [1.29, 1.82) is 0 Å². The molecule has 0 radical (unpaired) electrons. The molecule has 3 aliphatic carbocycles. The van der Waals surface area contributed by atoms with Gasteiger partial charge in [-0.05, 0) is 51.0 Å². The summed E-state index contributed by atoms with van der Waals surface area (Å²) >= 11 is 0. The Hall–Kier alpha value is -2.91. The molecule has 0 saturated heterocycles. The summed E-state index contributed by atoms with van der Waals surface area (Å²) < 4.78 is 47.0. The number of hydrogen-bond acceptors (Lipinski definition) is 5. The number of aromatic nitrogens is 5. The lowest BCUT2D eigenvalue weighted by Gasteiger charge is -2.52. The highest BCUT2D eigenvalue weighted by atomic mass is 19.4. The van der Waals surface area contributed by atoms with Crippen molar-refractivity contribution in [1.82, 2.24) is 24.5 Å². The van der Waals surface area contributed by atoms with Gasteiger partial charge >= 0.3 is 6.18 Å². The third kappa shape index (κ3) is 4.21. The number of imidazole rings is 1. The van der Waals surface area contributed by atoms with Gasteiger partial charge in [0.05, 0.1) is 12.2 Å². The lowest BCUT2D eigenvalue weighted by atomic mass is 9.53. The van der Waals surface area contributed by atoms with Crippen LogP contribution in [0.25, 0.3) is 11.2 Å². The first-order valence-electron chi connectivity index (χ1n) is 12.3. The van der Waals surface area contributed by atoms with E-state index in [-0.39, 0.29) is 22.3 Å². The predicted octanol–water partition coefficient (Wildman–Crippen LogP) is 5.18. The zero-order chi connectivity index (χ0) is 24.8. The Morgan fingerprint density at radius 1 is 1.11 bits per heavy atom. The Labute approximate surface area is 201 Å². The minimum absolute atomic E-state index is 0.0124. The molecule has 188 valence electrons. The van der Waals surface area contributed by atoms with Gasteiger partial charge in [0.15, 0.2) is 11.2 Å². The van der Waals surface area contributed by atoms with E-state index in [1.807, 2.05) is 6.92 Å². The van der Waals surface area contributed by atoms with Gasteiger partial charge in [0, 0.05) is 36.1 Å². The van der Waals surface area contributed by atoms with Crippen molar-refractivity contribution in [3.05, 3.63) is 45.9 Å². The summed E-state index contributed by atoms with van der Waals surface area (Å²) in [5.74, 6) is 1.60. The van der Waals surface area contributed by atoms with Crippen LogP contribution in [0.2, 0.25) is 0 Å². The maximum Gasteiger partial charge on any atom is 0.416 e. The molecule has 2 bridgehead atoms. The summed E-state index contributed by atoms with van der Waals surface area (Å²) in [5.41, 5.74) is -0.0242. The number of fused-ring (bicyclic) bond motifs is 4. The molecule has 3 aromatic heterocycles. The SMILES string of the molecule is CCCn1c(C23CCC(COc4cc(C(F)(F)F)ccn4)(CC2)CC3)nc2nc(CC)[nH]c(=O)c21. The van der Waals surface area contributed by atoms with E-state index < -0.39 is 11.7 Å². The molecule has 3 aliphatic rings. The van der Waals surface area contributed by atoms with Gasteiger partial charge in [0.1, 0.15) is 11.6 Å². The van der Waals surface area contributed by atoms with Crippen LogP contribution < -0.4 is 10.3 Å². The number of rotatable bonds is 7. The van der Waals surface area contributed by atoms with Crippen LogP contribution in [0.1, 0.15) is 76.0 Å². The summed E-state index contributed by atoms with van der Waals surface area (Å²) in [4.78, 5) is 29.3. The van der Waals surface area contributed by atoms with Gasteiger partial charge in [0.25, 0.3) is 5.56 Å². The molecular formula is C25H30F3N5O2. The van der Waals surface area contributed by atoms with E-state index in [0.717, 1.165) is 69.1 Å². The molecule has 1 N–H and O–H groups in total. The van der Waals surface area contributed by atoms with E-state index in [1.165, 1.54) is 0 Å². The van der Waals surface area contributed by atoms with E-state index in [9.17, 15) is 18.0 Å². The number of nitrogens with zero attached hydrogens (tertiary/aromatic N) is 4. The monoisotopic (exact) mass is 489 g/mol. The van der Waals surface area contributed by atoms with E-state index in [1.54, 1.807) is 0 Å². The number of aromatic amines is 1. The number of hydrogen-bond donors (Lipinski definition) is 1. The third-order valence-corrected chi connectivity index (χ3v) is 7.91. The zero-order valence-electron chi connectivity index (χ0n) is 20.0. The largest absolute Gasteiger partial charge is 0.477 e. The van der Waals surface area contributed by atoms with E-state index in [0.29, 0.717) is 36.6 Å². The molecule has 3 fully saturated rings. The number of nitrogens with one attached hydrogen (secondary N) is 1. The summed E-state index contributed by atoms with van der Waals surface area (Å²) in [6.45, 7) is 5.09. The van der Waals surface area contributed by atoms with Crippen LogP contribution in [-0.4, -0.2) is 31.1 Å². The third-order valence-electron chi connectivity index (χ3n) is 7.91. The maximum absolute atomic E-state index is 13.0. The molecule has 3 aromatic rings. The molecule has 0 aromatic carbocycles. The molecule has 35 heavy (non-hydrogen) atoms. The molecule has 0 spiro atoms. The molecule has 6 rings (SSSR count). The quantitative estimate of drug-likeness (QED) is 0.495. The number of alkyl halides is 3. The Balaban J connectivity index is 1.37. The number of halogens is 3. The first-order chi connectivity index (χ1) is 16.7. The molecule has 0 amide bonds. The van der Waals surface area contributed by atoms with Gasteiger partial charge in [-0.3, -0.25) is 4.79 Å². The highest BCUT2D eigenvalue weighted by Crippen LogP contribution is 2.57. The summed E-state index contributed by atoms with van der Waals surface area (Å²) in [6.07, 6.45) is 3.62. The second-order valence-corrected chi connectivity index (χ2v) is 10.1.